The lowest BCUT2D eigenvalue weighted by atomic mass is 10.2. The van der Waals surface area contributed by atoms with Crippen LogP contribution in [-0.4, -0.2) is 40.2 Å². The molecule has 1 N–H and O–H groups in total. The predicted octanol–water partition coefficient (Wildman–Crippen LogP) is 6.49. The van der Waals surface area contributed by atoms with Gasteiger partial charge in [0, 0.05) is 24.7 Å². The standard InChI is InChI=1S/C26H30Cl2N4O2/c1-2-15-29-18-21-24(25(33)31-16-7-3-4-8-17-31)30-32(23-10-6-5-9-22(23)28)26(21)34-20-13-11-19(27)12-14-20/h5-6,9-14,29H,2-4,7-8,15-18H2,1H3. The van der Waals surface area contributed by atoms with E-state index in [1.54, 1.807) is 35.0 Å². The monoisotopic (exact) mass is 500 g/mol. The predicted molar refractivity (Wildman–Crippen MR) is 136 cm³/mol. The van der Waals surface area contributed by atoms with Gasteiger partial charge in [0.25, 0.3) is 5.91 Å². The van der Waals surface area contributed by atoms with Gasteiger partial charge in [0.2, 0.25) is 5.88 Å². The fraction of sp³-hybridized carbons (Fsp3) is 0.385. The van der Waals surface area contributed by atoms with Crippen molar-refractivity contribution in [2.45, 2.75) is 45.6 Å². The van der Waals surface area contributed by atoms with Crippen molar-refractivity contribution in [3.8, 4) is 17.3 Å². The largest absolute Gasteiger partial charge is 0.439 e. The Kier molecular flexibility index (Phi) is 8.48. The van der Waals surface area contributed by atoms with E-state index in [-0.39, 0.29) is 5.91 Å². The van der Waals surface area contributed by atoms with E-state index in [9.17, 15) is 4.79 Å². The maximum Gasteiger partial charge on any atom is 0.274 e. The fourth-order valence-electron chi connectivity index (χ4n) is 4.09. The molecular formula is C26H30Cl2N4O2. The molecule has 0 radical (unpaired) electrons. The molecule has 6 nitrogen and oxygen atoms in total. The first-order chi connectivity index (χ1) is 16.6. The highest BCUT2D eigenvalue weighted by molar-refractivity contribution is 6.32. The summed E-state index contributed by atoms with van der Waals surface area (Å²) in [5.74, 6) is 1.00. The zero-order valence-electron chi connectivity index (χ0n) is 19.4. The van der Waals surface area contributed by atoms with Gasteiger partial charge in [-0.15, -0.1) is 0 Å². The van der Waals surface area contributed by atoms with Crippen molar-refractivity contribution in [2.24, 2.45) is 0 Å². The van der Waals surface area contributed by atoms with Crippen molar-refractivity contribution in [2.75, 3.05) is 19.6 Å². The van der Waals surface area contributed by atoms with E-state index >= 15 is 0 Å². The van der Waals surface area contributed by atoms with Crippen molar-refractivity contribution < 1.29 is 9.53 Å². The summed E-state index contributed by atoms with van der Waals surface area (Å²) in [4.78, 5) is 15.6. The molecule has 1 aromatic heterocycles. The van der Waals surface area contributed by atoms with Crippen molar-refractivity contribution in [3.63, 3.8) is 0 Å². The Labute approximate surface area is 210 Å². The van der Waals surface area contributed by atoms with Crippen LogP contribution in [0, 0.1) is 0 Å². The van der Waals surface area contributed by atoms with Crippen LogP contribution in [0.3, 0.4) is 0 Å². The Morgan fingerprint density at radius 3 is 2.41 bits per heavy atom. The molecule has 1 saturated heterocycles. The number of nitrogens with zero attached hydrogens (tertiary/aromatic N) is 3. The zero-order chi connectivity index (χ0) is 23.9. The second kappa shape index (κ2) is 11.7. The number of amides is 1. The number of carbonyl (C=O) groups excluding carboxylic acids is 1. The number of aromatic nitrogens is 2. The summed E-state index contributed by atoms with van der Waals surface area (Å²) in [7, 11) is 0. The first kappa shape index (κ1) is 24.6. The van der Waals surface area contributed by atoms with Crippen LogP contribution in [0.15, 0.2) is 48.5 Å². The van der Waals surface area contributed by atoms with Crippen molar-refractivity contribution >= 4 is 29.1 Å². The van der Waals surface area contributed by atoms with E-state index < -0.39 is 0 Å². The SMILES string of the molecule is CCCNCc1c(C(=O)N2CCCCCC2)nn(-c2ccccc2Cl)c1Oc1ccc(Cl)cc1. The summed E-state index contributed by atoms with van der Waals surface area (Å²) < 4.78 is 7.99. The van der Waals surface area contributed by atoms with E-state index in [0.717, 1.165) is 57.3 Å². The first-order valence-corrected chi connectivity index (χ1v) is 12.6. The third-order valence-corrected chi connectivity index (χ3v) is 6.44. The van der Waals surface area contributed by atoms with Gasteiger partial charge in [-0.05, 0) is 62.2 Å². The van der Waals surface area contributed by atoms with Crippen molar-refractivity contribution in [3.05, 3.63) is 69.8 Å². The number of benzene rings is 2. The average Bonchev–Trinajstić information content (AvgIpc) is 3.00. The molecular weight excluding hydrogens is 471 g/mol. The minimum atomic E-state index is -0.0676. The Morgan fingerprint density at radius 1 is 1.03 bits per heavy atom. The van der Waals surface area contributed by atoms with E-state index in [4.69, 9.17) is 33.0 Å². The molecule has 4 rings (SSSR count). The molecule has 2 heterocycles. The normalized spacial score (nSPS) is 14.1. The number of nitrogens with one attached hydrogen (secondary N) is 1. The van der Waals surface area contributed by atoms with E-state index in [1.165, 1.54) is 0 Å². The lowest BCUT2D eigenvalue weighted by molar-refractivity contribution is 0.0754. The number of hydrogen-bond acceptors (Lipinski definition) is 4. The molecule has 0 unspecified atom stereocenters. The number of rotatable bonds is 8. The van der Waals surface area contributed by atoms with Crippen LogP contribution in [0.4, 0.5) is 0 Å². The number of halogens is 2. The molecule has 8 heteroatoms. The smallest absolute Gasteiger partial charge is 0.274 e. The maximum atomic E-state index is 13.7. The second-order valence-corrected chi connectivity index (χ2v) is 9.28. The summed E-state index contributed by atoms with van der Waals surface area (Å²) in [6, 6.07) is 14.6. The zero-order valence-corrected chi connectivity index (χ0v) is 20.9. The van der Waals surface area contributed by atoms with Gasteiger partial charge in [0.05, 0.1) is 16.3 Å². The number of carbonyl (C=O) groups is 1. The van der Waals surface area contributed by atoms with Gasteiger partial charge >= 0.3 is 0 Å². The molecule has 1 aliphatic heterocycles. The first-order valence-electron chi connectivity index (χ1n) is 11.9. The van der Waals surface area contributed by atoms with E-state index in [2.05, 4.69) is 12.2 Å². The molecule has 180 valence electrons. The molecule has 34 heavy (non-hydrogen) atoms. The van der Waals surface area contributed by atoms with Crippen molar-refractivity contribution in [1.82, 2.24) is 20.0 Å². The van der Waals surface area contributed by atoms with Crippen LogP contribution in [-0.2, 0) is 6.54 Å². The topological polar surface area (TPSA) is 59.4 Å². The highest BCUT2D eigenvalue weighted by Crippen LogP contribution is 2.34. The maximum absolute atomic E-state index is 13.7. The molecule has 0 saturated carbocycles. The molecule has 2 aromatic carbocycles. The third kappa shape index (κ3) is 5.74. The average molecular weight is 501 g/mol. The quantitative estimate of drug-likeness (QED) is 0.359. The molecule has 0 bridgehead atoms. The number of ether oxygens (including phenoxy) is 1. The Morgan fingerprint density at radius 2 is 1.74 bits per heavy atom. The summed E-state index contributed by atoms with van der Waals surface area (Å²) in [5.41, 5.74) is 1.77. The molecule has 1 amide bonds. The Hall–Kier alpha value is -2.54. The summed E-state index contributed by atoms with van der Waals surface area (Å²) in [6.07, 6.45) is 5.28. The highest BCUT2D eigenvalue weighted by atomic mass is 35.5. The third-order valence-electron chi connectivity index (χ3n) is 5.87. The van der Waals surface area contributed by atoms with Crippen LogP contribution in [0.1, 0.15) is 55.1 Å². The number of likely N-dealkylation sites (tertiary alicyclic amines) is 1. The van der Waals surface area contributed by atoms with Gasteiger partial charge in [-0.1, -0.05) is 55.1 Å². The Balaban J connectivity index is 1.82. The summed E-state index contributed by atoms with van der Waals surface area (Å²) in [6.45, 7) is 4.86. The molecule has 1 fully saturated rings. The fourth-order valence-corrected chi connectivity index (χ4v) is 4.43. The van der Waals surface area contributed by atoms with Crippen LogP contribution >= 0.6 is 23.2 Å². The van der Waals surface area contributed by atoms with Gasteiger partial charge in [-0.2, -0.15) is 9.78 Å². The summed E-state index contributed by atoms with van der Waals surface area (Å²) in [5, 5.41) is 9.35. The van der Waals surface area contributed by atoms with E-state index in [1.807, 2.05) is 23.1 Å². The van der Waals surface area contributed by atoms with Crippen LogP contribution < -0.4 is 10.1 Å². The molecule has 0 atom stereocenters. The lowest BCUT2D eigenvalue weighted by Gasteiger charge is -2.19. The molecule has 3 aromatic rings. The highest BCUT2D eigenvalue weighted by Gasteiger charge is 2.29. The van der Waals surface area contributed by atoms with Gasteiger partial charge < -0.3 is 15.0 Å². The van der Waals surface area contributed by atoms with Crippen LogP contribution in [0.25, 0.3) is 5.69 Å². The molecule has 0 aliphatic carbocycles. The van der Waals surface area contributed by atoms with Crippen LogP contribution in [0.2, 0.25) is 10.0 Å². The summed E-state index contributed by atoms with van der Waals surface area (Å²) >= 11 is 12.6. The van der Waals surface area contributed by atoms with Crippen molar-refractivity contribution in [1.29, 1.82) is 0 Å². The number of para-hydroxylation sites is 1. The van der Waals surface area contributed by atoms with Crippen LogP contribution in [0.5, 0.6) is 11.6 Å². The molecule has 1 aliphatic rings. The van der Waals surface area contributed by atoms with Gasteiger partial charge in [-0.25, -0.2) is 0 Å². The van der Waals surface area contributed by atoms with Gasteiger partial charge in [0.1, 0.15) is 5.75 Å². The lowest BCUT2D eigenvalue weighted by Crippen LogP contribution is -2.33. The Bertz CT molecular complexity index is 1110. The number of hydrogen-bond donors (Lipinski definition) is 1. The van der Waals surface area contributed by atoms with E-state index in [0.29, 0.717) is 39.6 Å². The minimum Gasteiger partial charge on any atom is -0.439 e. The molecule has 0 spiro atoms. The second-order valence-electron chi connectivity index (χ2n) is 8.43. The van der Waals surface area contributed by atoms with Gasteiger partial charge in [0.15, 0.2) is 5.69 Å². The van der Waals surface area contributed by atoms with Gasteiger partial charge in [-0.3, -0.25) is 4.79 Å². The minimum absolute atomic E-state index is 0.0676.